The van der Waals surface area contributed by atoms with E-state index < -0.39 is 0 Å². The van der Waals surface area contributed by atoms with Gasteiger partial charge >= 0.3 is 6.03 Å². The molecule has 1 aromatic heterocycles. The Morgan fingerprint density at radius 1 is 1.33 bits per heavy atom. The molecule has 0 bridgehead atoms. The molecule has 2 rings (SSSR count). The van der Waals surface area contributed by atoms with Crippen molar-refractivity contribution in [3.8, 4) is 0 Å². The molecule has 0 aliphatic rings. The van der Waals surface area contributed by atoms with Crippen LogP contribution >= 0.6 is 0 Å². The summed E-state index contributed by atoms with van der Waals surface area (Å²) in [6.45, 7) is 5.39. The number of amides is 2. The van der Waals surface area contributed by atoms with Gasteiger partial charge in [-0.15, -0.1) is 0 Å². The first kappa shape index (κ1) is 12.4. The van der Waals surface area contributed by atoms with E-state index in [1.54, 1.807) is 23.2 Å². The van der Waals surface area contributed by atoms with Crippen LogP contribution in [-0.2, 0) is 0 Å². The van der Waals surface area contributed by atoms with Crippen LogP contribution in [0.25, 0.3) is 11.0 Å². The number of benzene rings is 1. The highest BCUT2D eigenvalue weighted by molar-refractivity contribution is 5.93. The smallest absolute Gasteiger partial charge is 0.324 e. The van der Waals surface area contributed by atoms with E-state index in [9.17, 15) is 4.79 Å². The van der Waals surface area contributed by atoms with Crippen LogP contribution in [0.15, 0.2) is 24.5 Å². The van der Waals surface area contributed by atoms with Crippen molar-refractivity contribution in [1.29, 1.82) is 0 Å². The zero-order chi connectivity index (χ0) is 13.1. The molecular formula is C13H18N4O. The van der Waals surface area contributed by atoms with Gasteiger partial charge in [-0.05, 0) is 32.0 Å². The van der Waals surface area contributed by atoms with Gasteiger partial charge in [-0.3, -0.25) is 4.90 Å². The Labute approximate surface area is 106 Å². The Balaban J connectivity index is 2.26. The van der Waals surface area contributed by atoms with Crippen molar-refractivity contribution in [1.82, 2.24) is 14.9 Å². The Morgan fingerprint density at radius 3 is 2.72 bits per heavy atom. The molecule has 96 valence electrons. The van der Waals surface area contributed by atoms with Crippen LogP contribution < -0.4 is 4.90 Å². The highest BCUT2D eigenvalue weighted by Crippen LogP contribution is 2.19. The molecule has 0 fully saturated rings. The molecule has 0 saturated carbocycles. The van der Waals surface area contributed by atoms with Crippen molar-refractivity contribution in [3.05, 3.63) is 24.5 Å². The molecule has 18 heavy (non-hydrogen) atoms. The van der Waals surface area contributed by atoms with Crippen LogP contribution in [0.5, 0.6) is 0 Å². The minimum atomic E-state index is 0.0128. The Morgan fingerprint density at radius 2 is 2.06 bits per heavy atom. The normalized spacial score (nSPS) is 10.6. The number of aromatic amines is 1. The largest absolute Gasteiger partial charge is 0.345 e. The van der Waals surface area contributed by atoms with E-state index in [1.807, 2.05) is 32.0 Å². The number of anilines is 1. The maximum atomic E-state index is 12.2. The fourth-order valence-corrected chi connectivity index (χ4v) is 1.95. The summed E-state index contributed by atoms with van der Waals surface area (Å²) >= 11 is 0. The molecule has 2 aromatic rings. The number of nitrogens with zero attached hydrogens (tertiary/aromatic N) is 3. The third kappa shape index (κ3) is 2.16. The predicted molar refractivity (Wildman–Crippen MR) is 72.8 cm³/mol. The van der Waals surface area contributed by atoms with Gasteiger partial charge in [0.2, 0.25) is 0 Å². The summed E-state index contributed by atoms with van der Waals surface area (Å²) in [5, 5.41) is 0. The third-order valence-corrected chi connectivity index (χ3v) is 3.11. The van der Waals surface area contributed by atoms with E-state index in [0.29, 0.717) is 13.1 Å². The minimum absolute atomic E-state index is 0.0128. The van der Waals surface area contributed by atoms with Crippen LogP contribution in [-0.4, -0.2) is 41.0 Å². The summed E-state index contributed by atoms with van der Waals surface area (Å²) in [4.78, 5) is 22.9. The molecular weight excluding hydrogens is 228 g/mol. The topological polar surface area (TPSA) is 52.2 Å². The van der Waals surface area contributed by atoms with Gasteiger partial charge in [0.1, 0.15) is 0 Å². The number of fused-ring (bicyclic) bond motifs is 1. The molecule has 1 N–H and O–H groups in total. The lowest BCUT2D eigenvalue weighted by Crippen LogP contribution is -2.41. The number of nitrogens with one attached hydrogen (secondary N) is 1. The SMILES string of the molecule is CCN(CC)C(=O)N(C)c1ccc2nc[nH]c2c1. The summed E-state index contributed by atoms with van der Waals surface area (Å²) in [6, 6.07) is 5.76. The number of carbonyl (C=O) groups excluding carboxylic acids is 1. The van der Waals surface area contributed by atoms with Crippen molar-refractivity contribution in [3.63, 3.8) is 0 Å². The second-order valence-corrected chi connectivity index (χ2v) is 4.12. The average Bonchev–Trinajstić information content (AvgIpc) is 2.86. The van der Waals surface area contributed by atoms with E-state index >= 15 is 0 Å². The number of H-pyrrole nitrogens is 1. The quantitative estimate of drug-likeness (QED) is 0.904. The lowest BCUT2D eigenvalue weighted by molar-refractivity contribution is 0.211. The van der Waals surface area contributed by atoms with Gasteiger partial charge in [-0.25, -0.2) is 9.78 Å². The number of hydrogen-bond donors (Lipinski definition) is 1. The monoisotopic (exact) mass is 246 g/mol. The van der Waals surface area contributed by atoms with E-state index in [0.717, 1.165) is 16.7 Å². The first-order valence-electron chi connectivity index (χ1n) is 6.13. The van der Waals surface area contributed by atoms with Gasteiger partial charge in [0.25, 0.3) is 0 Å². The Bertz CT molecular complexity index is 545. The molecule has 0 aliphatic heterocycles. The van der Waals surface area contributed by atoms with Gasteiger partial charge in [-0.2, -0.15) is 0 Å². The molecule has 1 heterocycles. The highest BCUT2D eigenvalue weighted by Gasteiger charge is 2.16. The van der Waals surface area contributed by atoms with Crippen molar-refractivity contribution in [2.75, 3.05) is 25.0 Å². The fraction of sp³-hybridized carbons (Fsp3) is 0.385. The second-order valence-electron chi connectivity index (χ2n) is 4.12. The maximum Gasteiger partial charge on any atom is 0.324 e. The first-order chi connectivity index (χ1) is 8.67. The molecule has 1 aromatic carbocycles. The standard InChI is InChI=1S/C13H18N4O/c1-4-17(5-2)13(18)16(3)10-6-7-11-12(8-10)15-9-14-11/h6-9H,4-5H2,1-3H3,(H,14,15). The predicted octanol–water partition coefficient (Wildman–Crippen LogP) is 2.46. The van der Waals surface area contributed by atoms with E-state index in [4.69, 9.17) is 0 Å². The number of rotatable bonds is 3. The van der Waals surface area contributed by atoms with Gasteiger partial charge in [-0.1, -0.05) is 0 Å². The molecule has 0 saturated heterocycles. The lowest BCUT2D eigenvalue weighted by atomic mass is 10.2. The number of imidazole rings is 1. The zero-order valence-corrected chi connectivity index (χ0v) is 11.0. The molecule has 0 radical (unpaired) electrons. The van der Waals surface area contributed by atoms with Gasteiger partial charge in [0, 0.05) is 25.8 Å². The molecule has 0 unspecified atom stereocenters. The maximum absolute atomic E-state index is 12.2. The zero-order valence-electron chi connectivity index (χ0n) is 11.0. The lowest BCUT2D eigenvalue weighted by Gasteiger charge is -2.26. The first-order valence-corrected chi connectivity index (χ1v) is 6.13. The van der Waals surface area contributed by atoms with Crippen LogP contribution in [0.3, 0.4) is 0 Å². The number of aromatic nitrogens is 2. The average molecular weight is 246 g/mol. The third-order valence-electron chi connectivity index (χ3n) is 3.11. The molecule has 5 nitrogen and oxygen atoms in total. The molecule has 0 aliphatic carbocycles. The van der Waals surface area contributed by atoms with Gasteiger partial charge in [0.05, 0.1) is 17.4 Å². The Kier molecular flexibility index (Phi) is 3.50. The van der Waals surface area contributed by atoms with Crippen molar-refractivity contribution in [2.24, 2.45) is 0 Å². The molecule has 0 atom stereocenters. The van der Waals surface area contributed by atoms with Crippen LogP contribution in [0.4, 0.5) is 10.5 Å². The van der Waals surface area contributed by atoms with Crippen LogP contribution in [0.1, 0.15) is 13.8 Å². The number of hydrogen-bond acceptors (Lipinski definition) is 2. The summed E-state index contributed by atoms with van der Waals surface area (Å²) in [7, 11) is 1.79. The summed E-state index contributed by atoms with van der Waals surface area (Å²) in [5.41, 5.74) is 2.71. The van der Waals surface area contributed by atoms with E-state index in [2.05, 4.69) is 9.97 Å². The minimum Gasteiger partial charge on any atom is -0.345 e. The van der Waals surface area contributed by atoms with Crippen molar-refractivity contribution in [2.45, 2.75) is 13.8 Å². The summed E-state index contributed by atoms with van der Waals surface area (Å²) in [5.74, 6) is 0. The van der Waals surface area contributed by atoms with Gasteiger partial charge in [0.15, 0.2) is 0 Å². The van der Waals surface area contributed by atoms with Crippen LogP contribution in [0.2, 0.25) is 0 Å². The fourth-order valence-electron chi connectivity index (χ4n) is 1.95. The molecule has 2 amide bonds. The van der Waals surface area contributed by atoms with Crippen molar-refractivity contribution >= 4 is 22.8 Å². The van der Waals surface area contributed by atoms with Crippen molar-refractivity contribution < 1.29 is 4.79 Å². The molecule has 0 spiro atoms. The second kappa shape index (κ2) is 5.08. The Hall–Kier alpha value is -2.04. The van der Waals surface area contributed by atoms with E-state index in [-0.39, 0.29) is 6.03 Å². The van der Waals surface area contributed by atoms with Gasteiger partial charge < -0.3 is 9.88 Å². The molecule has 5 heteroatoms. The van der Waals surface area contributed by atoms with E-state index in [1.165, 1.54) is 0 Å². The summed E-state index contributed by atoms with van der Waals surface area (Å²) in [6.07, 6.45) is 1.65. The number of urea groups is 1. The summed E-state index contributed by atoms with van der Waals surface area (Å²) < 4.78 is 0. The number of carbonyl (C=O) groups is 1. The highest BCUT2D eigenvalue weighted by atomic mass is 16.2. The van der Waals surface area contributed by atoms with Crippen LogP contribution in [0, 0.1) is 0 Å².